The van der Waals surface area contributed by atoms with E-state index >= 15 is 0 Å². The van der Waals surface area contributed by atoms with Crippen LogP contribution in [0.25, 0.3) is 0 Å². The zero-order valence-electron chi connectivity index (χ0n) is 8.62. The number of nitrogens with one attached hydrogen (secondary N) is 2. The molecule has 0 saturated carbocycles. The molecule has 2 N–H and O–H groups in total. The molecular weight excluding hydrogens is 196 g/mol. The van der Waals surface area contributed by atoms with Crippen molar-refractivity contribution in [2.75, 3.05) is 20.1 Å². The third kappa shape index (κ3) is 2.33. The van der Waals surface area contributed by atoms with Gasteiger partial charge < -0.3 is 4.90 Å². The molecule has 2 aliphatic heterocycles. The average Bonchev–Trinajstić information content (AvgIpc) is 2.50. The van der Waals surface area contributed by atoms with Crippen LogP contribution >= 0.6 is 0 Å². The quantitative estimate of drug-likeness (QED) is 0.527. The molecule has 2 aliphatic rings. The number of hydrogen-bond donors (Lipinski definition) is 2. The summed E-state index contributed by atoms with van der Waals surface area (Å²) in [6.07, 6.45) is 1.93. The predicted octanol–water partition coefficient (Wildman–Crippen LogP) is -1.32. The number of guanidine groups is 1. The van der Waals surface area contributed by atoms with Gasteiger partial charge in [-0.2, -0.15) is 0 Å². The Morgan fingerprint density at radius 1 is 1.20 bits per heavy atom. The van der Waals surface area contributed by atoms with Crippen LogP contribution in [0, 0.1) is 0 Å². The second-order valence-electron chi connectivity index (χ2n) is 3.92. The van der Waals surface area contributed by atoms with Crippen molar-refractivity contribution in [1.82, 2.24) is 15.5 Å². The maximum Gasteiger partial charge on any atom is 0.316 e. The number of rotatable bonds is 1. The highest BCUT2D eigenvalue weighted by atomic mass is 16.2. The Kier molecular flexibility index (Phi) is 2.68. The van der Waals surface area contributed by atoms with E-state index in [-0.39, 0.29) is 6.04 Å². The molecule has 2 fully saturated rings. The van der Waals surface area contributed by atoms with Crippen LogP contribution in [-0.4, -0.2) is 48.9 Å². The van der Waals surface area contributed by atoms with Crippen LogP contribution in [0.2, 0.25) is 0 Å². The second-order valence-corrected chi connectivity index (χ2v) is 3.92. The van der Waals surface area contributed by atoms with Crippen LogP contribution < -0.4 is 10.6 Å². The fourth-order valence-corrected chi connectivity index (χ4v) is 1.73. The van der Waals surface area contributed by atoms with Crippen molar-refractivity contribution in [1.29, 1.82) is 0 Å². The molecule has 2 rings (SSSR count). The van der Waals surface area contributed by atoms with Gasteiger partial charge in [-0.15, -0.1) is 0 Å². The summed E-state index contributed by atoms with van der Waals surface area (Å²) >= 11 is 0. The number of piperidine rings is 1. The van der Waals surface area contributed by atoms with Crippen molar-refractivity contribution < 1.29 is 9.59 Å². The molecule has 0 spiro atoms. The molecule has 2 amide bonds. The summed E-state index contributed by atoms with van der Waals surface area (Å²) in [5, 5.41) is 4.80. The minimum atomic E-state index is -0.623. The molecule has 2 saturated heterocycles. The number of aliphatic imine (C=N–C) groups is 1. The Balaban J connectivity index is 1.94. The van der Waals surface area contributed by atoms with Crippen LogP contribution in [0.15, 0.2) is 4.99 Å². The summed E-state index contributed by atoms with van der Waals surface area (Å²) in [5.41, 5.74) is 0. The first-order chi connectivity index (χ1) is 7.15. The fraction of sp³-hybridized carbons (Fsp3) is 0.667. The number of likely N-dealkylation sites (tertiary alicyclic amines) is 1. The topological polar surface area (TPSA) is 73.8 Å². The van der Waals surface area contributed by atoms with Crippen molar-refractivity contribution in [3.63, 3.8) is 0 Å². The molecule has 2 heterocycles. The van der Waals surface area contributed by atoms with Crippen molar-refractivity contribution in [2.45, 2.75) is 18.9 Å². The van der Waals surface area contributed by atoms with E-state index in [1.807, 2.05) is 0 Å². The Bertz CT molecular complexity index is 300. The Labute approximate surface area is 87.7 Å². The van der Waals surface area contributed by atoms with E-state index in [9.17, 15) is 9.59 Å². The van der Waals surface area contributed by atoms with Gasteiger partial charge >= 0.3 is 11.8 Å². The molecule has 0 bridgehead atoms. The molecule has 0 radical (unpaired) electrons. The standard InChI is InChI=1S/C9H14N4O2/c1-13-4-2-6(3-5-13)10-9-11-7(14)8(15)12-9/h6H,2-5H2,1H3,(H2,10,11,12,14,15). The summed E-state index contributed by atoms with van der Waals surface area (Å²) in [6, 6.07) is 0.204. The summed E-state index contributed by atoms with van der Waals surface area (Å²) in [6.45, 7) is 2.01. The smallest absolute Gasteiger partial charge is 0.306 e. The van der Waals surface area contributed by atoms with Crippen molar-refractivity contribution in [3.8, 4) is 0 Å². The minimum Gasteiger partial charge on any atom is -0.306 e. The summed E-state index contributed by atoms with van der Waals surface area (Å²) in [4.78, 5) is 28.3. The molecule has 0 atom stereocenters. The molecule has 15 heavy (non-hydrogen) atoms. The molecule has 82 valence electrons. The van der Waals surface area contributed by atoms with E-state index in [0.29, 0.717) is 5.96 Å². The highest BCUT2D eigenvalue weighted by Crippen LogP contribution is 2.11. The second kappa shape index (κ2) is 3.98. The van der Waals surface area contributed by atoms with E-state index in [0.717, 1.165) is 25.9 Å². The molecule has 6 nitrogen and oxygen atoms in total. The van der Waals surface area contributed by atoms with E-state index in [4.69, 9.17) is 0 Å². The normalized spacial score (nSPS) is 23.9. The third-order valence-corrected chi connectivity index (χ3v) is 2.67. The van der Waals surface area contributed by atoms with Gasteiger partial charge in [0.15, 0.2) is 0 Å². The number of hydrogen-bond acceptors (Lipinski definition) is 4. The van der Waals surface area contributed by atoms with Gasteiger partial charge in [0.2, 0.25) is 5.96 Å². The Morgan fingerprint density at radius 2 is 1.73 bits per heavy atom. The first-order valence-electron chi connectivity index (χ1n) is 5.04. The molecule has 0 aromatic heterocycles. The van der Waals surface area contributed by atoms with Gasteiger partial charge in [0, 0.05) is 0 Å². The maximum absolute atomic E-state index is 10.9. The largest absolute Gasteiger partial charge is 0.316 e. The molecular formula is C9H14N4O2. The number of carbonyl (C=O) groups is 2. The first-order valence-corrected chi connectivity index (χ1v) is 5.04. The molecule has 0 unspecified atom stereocenters. The summed E-state index contributed by atoms with van der Waals surface area (Å²) < 4.78 is 0. The average molecular weight is 210 g/mol. The van der Waals surface area contributed by atoms with Crippen LogP contribution in [0.5, 0.6) is 0 Å². The van der Waals surface area contributed by atoms with Gasteiger partial charge in [-0.1, -0.05) is 0 Å². The van der Waals surface area contributed by atoms with Crippen LogP contribution in [-0.2, 0) is 9.59 Å². The number of nitrogens with zero attached hydrogens (tertiary/aromatic N) is 2. The zero-order chi connectivity index (χ0) is 10.8. The molecule has 0 aromatic rings. The Hall–Kier alpha value is -1.43. The van der Waals surface area contributed by atoms with Gasteiger partial charge in [0.1, 0.15) is 0 Å². The van der Waals surface area contributed by atoms with Gasteiger partial charge in [0.05, 0.1) is 6.04 Å². The van der Waals surface area contributed by atoms with E-state index in [1.54, 1.807) is 0 Å². The van der Waals surface area contributed by atoms with Crippen molar-refractivity contribution in [2.24, 2.45) is 4.99 Å². The van der Waals surface area contributed by atoms with E-state index in [2.05, 4.69) is 27.6 Å². The van der Waals surface area contributed by atoms with E-state index in [1.165, 1.54) is 0 Å². The summed E-state index contributed by atoms with van der Waals surface area (Å²) in [5.74, 6) is -0.942. The van der Waals surface area contributed by atoms with E-state index < -0.39 is 11.8 Å². The fourth-order valence-electron chi connectivity index (χ4n) is 1.73. The van der Waals surface area contributed by atoms with Crippen LogP contribution in [0.3, 0.4) is 0 Å². The predicted molar refractivity (Wildman–Crippen MR) is 54.2 cm³/mol. The highest BCUT2D eigenvalue weighted by molar-refractivity contribution is 6.45. The lowest BCUT2D eigenvalue weighted by atomic mass is 10.1. The number of amides is 2. The lowest BCUT2D eigenvalue weighted by Gasteiger charge is -2.26. The van der Waals surface area contributed by atoms with Crippen molar-refractivity contribution >= 4 is 17.8 Å². The Morgan fingerprint density at radius 3 is 2.27 bits per heavy atom. The van der Waals surface area contributed by atoms with Crippen LogP contribution in [0.4, 0.5) is 0 Å². The highest BCUT2D eigenvalue weighted by Gasteiger charge is 2.26. The third-order valence-electron chi connectivity index (χ3n) is 2.67. The van der Waals surface area contributed by atoms with Gasteiger partial charge in [0.25, 0.3) is 0 Å². The first kappa shape index (κ1) is 10.1. The molecule has 0 aromatic carbocycles. The van der Waals surface area contributed by atoms with Gasteiger partial charge in [-0.05, 0) is 33.0 Å². The SMILES string of the molecule is CN1CCC(N=C2NC(=O)C(=O)N2)CC1. The maximum atomic E-state index is 10.9. The zero-order valence-corrected chi connectivity index (χ0v) is 8.62. The molecule has 6 heteroatoms. The minimum absolute atomic E-state index is 0.204. The van der Waals surface area contributed by atoms with Gasteiger partial charge in [-0.3, -0.25) is 20.2 Å². The number of carbonyl (C=O) groups excluding carboxylic acids is 2. The monoisotopic (exact) mass is 210 g/mol. The van der Waals surface area contributed by atoms with Gasteiger partial charge in [-0.25, -0.2) is 4.99 Å². The lowest BCUT2D eigenvalue weighted by Crippen LogP contribution is -2.35. The molecule has 0 aliphatic carbocycles. The lowest BCUT2D eigenvalue weighted by molar-refractivity contribution is -0.135. The summed E-state index contributed by atoms with van der Waals surface area (Å²) in [7, 11) is 2.07. The van der Waals surface area contributed by atoms with Crippen LogP contribution in [0.1, 0.15) is 12.8 Å². The van der Waals surface area contributed by atoms with Crippen molar-refractivity contribution in [3.05, 3.63) is 0 Å².